The van der Waals surface area contributed by atoms with E-state index in [9.17, 15) is 0 Å². The third kappa shape index (κ3) is 4.24. The minimum atomic E-state index is 0.0393. The first kappa shape index (κ1) is 29.8. The standard InChI is InChI=1S/C44H43BN2S/c1-42(2,3)28-21-22-34-37(25-28)46(29-15-10-8-11-16-29)35-19-14-20-36-39(35)45(34)41-40(47(36)30-17-12-9-13-18-30)31-26-32-33(27-38(31)48-41)44(6,7)24-23-43(32,4)5/h8-22,25-27H,23-24H2,1-7H3. The SMILES string of the molecule is CC(C)(C)c1ccc2c(c1)N(c1ccccc1)c1cccc3c1B2c1sc2cc4c(cc2c1N3c1ccccc1)C(C)(C)CCC4(C)C. The van der Waals surface area contributed by atoms with E-state index in [0.717, 1.165) is 0 Å². The average Bonchev–Trinajstić information content (AvgIpc) is 3.45. The van der Waals surface area contributed by atoms with Crippen LogP contribution in [0, 0.1) is 0 Å². The summed E-state index contributed by atoms with van der Waals surface area (Å²) < 4.78 is 2.85. The Morgan fingerprint density at radius 3 is 1.83 bits per heavy atom. The predicted octanol–water partition coefficient (Wildman–Crippen LogP) is 10.6. The van der Waals surface area contributed by atoms with Gasteiger partial charge in [-0.2, -0.15) is 0 Å². The molecule has 0 bridgehead atoms. The highest BCUT2D eigenvalue weighted by atomic mass is 32.1. The van der Waals surface area contributed by atoms with Crippen LogP contribution in [-0.4, -0.2) is 6.71 Å². The fraction of sp³-hybridized carbons (Fsp3) is 0.273. The molecule has 0 unspecified atom stereocenters. The van der Waals surface area contributed by atoms with Crippen LogP contribution in [0.25, 0.3) is 10.1 Å². The number of para-hydroxylation sites is 2. The lowest BCUT2D eigenvalue weighted by molar-refractivity contribution is 0.332. The quantitative estimate of drug-likeness (QED) is 0.173. The molecular formula is C44H43BN2S. The van der Waals surface area contributed by atoms with Crippen molar-refractivity contribution in [1.29, 1.82) is 0 Å². The van der Waals surface area contributed by atoms with Crippen molar-refractivity contribution in [2.45, 2.75) is 77.6 Å². The molecule has 4 heteroatoms. The van der Waals surface area contributed by atoms with Gasteiger partial charge in [0.1, 0.15) is 0 Å². The van der Waals surface area contributed by atoms with E-state index in [1.807, 2.05) is 11.3 Å². The van der Waals surface area contributed by atoms with E-state index in [0.29, 0.717) is 0 Å². The lowest BCUT2D eigenvalue weighted by Crippen LogP contribution is -2.60. The minimum Gasteiger partial charge on any atom is -0.311 e. The third-order valence-electron chi connectivity index (χ3n) is 11.5. The largest absolute Gasteiger partial charge is 0.311 e. The molecule has 0 amide bonds. The summed E-state index contributed by atoms with van der Waals surface area (Å²) in [6.07, 6.45) is 2.43. The van der Waals surface area contributed by atoms with Gasteiger partial charge in [-0.1, -0.05) is 103 Å². The van der Waals surface area contributed by atoms with Crippen LogP contribution in [-0.2, 0) is 16.2 Å². The third-order valence-corrected chi connectivity index (χ3v) is 12.7. The maximum atomic E-state index is 2.59. The Labute approximate surface area is 290 Å². The van der Waals surface area contributed by atoms with Gasteiger partial charge in [0.15, 0.2) is 0 Å². The van der Waals surface area contributed by atoms with Gasteiger partial charge in [0.05, 0.1) is 5.69 Å². The van der Waals surface area contributed by atoms with Gasteiger partial charge < -0.3 is 9.80 Å². The summed E-state index contributed by atoms with van der Waals surface area (Å²) in [5, 5.41) is 1.39. The van der Waals surface area contributed by atoms with Crippen molar-refractivity contribution in [3.05, 3.63) is 126 Å². The van der Waals surface area contributed by atoms with Gasteiger partial charge in [-0.05, 0) is 111 Å². The number of rotatable bonds is 2. The molecule has 0 spiro atoms. The van der Waals surface area contributed by atoms with E-state index in [1.54, 1.807) is 0 Å². The average molecular weight is 643 g/mol. The summed E-state index contributed by atoms with van der Waals surface area (Å²) in [5.74, 6) is 0. The Bertz CT molecular complexity index is 2240. The summed E-state index contributed by atoms with van der Waals surface area (Å²) in [6, 6.07) is 41.4. The number of hydrogen-bond donors (Lipinski definition) is 0. The molecule has 6 aromatic rings. The summed E-state index contributed by atoms with van der Waals surface area (Å²) in [7, 11) is 0. The normalized spacial score (nSPS) is 17.1. The predicted molar refractivity (Wildman–Crippen MR) is 210 cm³/mol. The number of thiophene rings is 1. The summed E-state index contributed by atoms with van der Waals surface area (Å²) in [6.45, 7) is 16.9. The van der Waals surface area contributed by atoms with Gasteiger partial charge in [-0.25, -0.2) is 0 Å². The monoisotopic (exact) mass is 642 g/mol. The Balaban J connectivity index is 1.40. The maximum absolute atomic E-state index is 2.59. The zero-order valence-corrected chi connectivity index (χ0v) is 30.0. The molecular weight excluding hydrogens is 599 g/mol. The molecule has 238 valence electrons. The first-order valence-electron chi connectivity index (χ1n) is 17.5. The Morgan fingerprint density at radius 2 is 1.21 bits per heavy atom. The van der Waals surface area contributed by atoms with Gasteiger partial charge in [0, 0.05) is 43.3 Å². The van der Waals surface area contributed by atoms with E-state index in [2.05, 4.69) is 167 Å². The van der Waals surface area contributed by atoms with E-state index in [-0.39, 0.29) is 23.0 Å². The van der Waals surface area contributed by atoms with E-state index in [1.165, 1.54) is 89.4 Å². The van der Waals surface area contributed by atoms with E-state index < -0.39 is 0 Å². The first-order valence-corrected chi connectivity index (χ1v) is 18.3. The van der Waals surface area contributed by atoms with Crippen LogP contribution in [0.4, 0.5) is 34.1 Å². The highest BCUT2D eigenvalue weighted by Crippen LogP contribution is 2.52. The van der Waals surface area contributed by atoms with Crippen molar-refractivity contribution in [2.75, 3.05) is 9.80 Å². The molecule has 0 N–H and O–H groups in total. The minimum absolute atomic E-state index is 0.0393. The molecule has 1 aliphatic carbocycles. The van der Waals surface area contributed by atoms with Crippen molar-refractivity contribution in [3.63, 3.8) is 0 Å². The molecule has 48 heavy (non-hydrogen) atoms. The van der Waals surface area contributed by atoms with Crippen molar-refractivity contribution < 1.29 is 0 Å². The molecule has 3 aliphatic rings. The topological polar surface area (TPSA) is 6.48 Å². The zero-order valence-electron chi connectivity index (χ0n) is 29.2. The van der Waals surface area contributed by atoms with Gasteiger partial charge in [-0.3, -0.25) is 0 Å². The van der Waals surface area contributed by atoms with Crippen LogP contribution in [0.1, 0.15) is 78.0 Å². The highest BCUT2D eigenvalue weighted by molar-refractivity contribution is 7.33. The van der Waals surface area contributed by atoms with Gasteiger partial charge in [0.25, 0.3) is 6.71 Å². The van der Waals surface area contributed by atoms with Gasteiger partial charge >= 0.3 is 0 Å². The molecule has 0 fully saturated rings. The zero-order chi connectivity index (χ0) is 33.2. The molecule has 2 aliphatic heterocycles. The Morgan fingerprint density at radius 1 is 0.625 bits per heavy atom. The number of nitrogens with zero attached hydrogens (tertiary/aromatic N) is 2. The fourth-order valence-electron chi connectivity index (χ4n) is 8.64. The molecule has 2 nitrogen and oxygen atoms in total. The number of anilines is 6. The molecule has 0 atom stereocenters. The van der Waals surface area contributed by atoms with E-state index >= 15 is 0 Å². The van der Waals surface area contributed by atoms with Crippen LogP contribution >= 0.6 is 11.3 Å². The van der Waals surface area contributed by atoms with Crippen LogP contribution in [0.15, 0.2) is 109 Å². The molecule has 9 rings (SSSR count). The van der Waals surface area contributed by atoms with Crippen LogP contribution in [0.3, 0.4) is 0 Å². The number of hydrogen-bond acceptors (Lipinski definition) is 3. The Hall–Kier alpha value is -4.28. The summed E-state index contributed by atoms with van der Waals surface area (Å²) in [5.41, 5.74) is 15.1. The maximum Gasteiger partial charge on any atom is 0.264 e. The summed E-state index contributed by atoms with van der Waals surface area (Å²) in [4.78, 5) is 5.10. The van der Waals surface area contributed by atoms with Crippen molar-refractivity contribution in [2.24, 2.45) is 0 Å². The lowest BCUT2D eigenvalue weighted by atomic mass is 9.36. The second-order valence-electron chi connectivity index (χ2n) is 16.5. The molecule has 0 saturated carbocycles. The molecule has 1 aromatic heterocycles. The summed E-state index contributed by atoms with van der Waals surface area (Å²) >= 11 is 2.02. The molecule has 0 saturated heterocycles. The number of fused-ring (bicyclic) bond motifs is 7. The highest BCUT2D eigenvalue weighted by Gasteiger charge is 2.46. The van der Waals surface area contributed by atoms with Crippen molar-refractivity contribution in [1.82, 2.24) is 0 Å². The van der Waals surface area contributed by atoms with Gasteiger partial charge in [0.2, 0.25) is 0 Å². The Kier molecular flexibility index (Phi) is 6.29. The molecule has 0 radical (unpaired) electrons. The first-order chi connectivity index (χ1) is 22.9. The van der Waals surface area contributed by atoms with Crippen molar-refractivity contribution in [3.8, 4) is 0 Å². The van der Waals surface area contributed by atoms with Gasteiger partial charge in [-0.15, -0.1) is 11.3 Å². The molecule has 3 heterocycles. The fourth-order valence-corrected chi connectivity index (χ4v) is 9.98. The van der Waals surface area contributed by atoms with Crippen LogP contribution < -0.4 is 25.5 Å². The lowest BCUT2D eigenvalue weighted by Gasteiger charge is -2.43. The van der Waals surface area contributed by atoms with Crippen LogP contribution in [0.2, 0.25) is 0 Å². The smallest absolute Gasteiger partial charge is 0.264 e. The van der Waals surface area contributed by atoms with Crippen molar-refractivity contribution >= 4 is 78.0 Å². The molecule has 5 aromatic carbocycles. The van der Waals surface area contributed by atoms with E-state index in [4.69, 9.17) is 0 Å². The number of benzene rings is 5. The second-order valence-corrected chi connectivity index (χ2v) is 17.6. The second kappa shape index (κ2) is 10.1. The van der Waals surface area contributed by atoms with Crippen LogP contribution in [0.5, 0.6) is 0 Å².